The van der Waals surface area contributed by atoms with Crippen molar-refractivity contribution in [2.45, 2.75) is 52.0 Å². The van der Waals surface area contributed by atoms with Crippen molar-refractivity contribution in [1.29, 1.82) is 0 Å². The van der Waals surface area contributed by atoms with Gasteiger partial charge in [-0.15, -0.1) is 6.58 Å². The Morgan fingerprint density at radius 1 is 1.13 bits per heavy atom. The summed E-state index contributed by atoms with van der Waals surface area (Å²) in [5, 5.41) is 0.770. The number of para-hydroxylation sites is 1. The molecular formula is C21H27NO. The van der Waals surface area contributed by atoms with Crippen molar-refractivity contribution in [3.8, 4) is 0 Å². The monoisotopic (exact) mass is 309 g/mol. The first-order chi connectivity index (χ1) is 11.3. The Morgan fingerprint density at radius 3 is 2.70 bits per heavy atom. The lowest BCUT2D eigenvalue weighted by atomic mass is 10.1. The molecule has 0 saturated heterocycles. The Kier molecular flexibility index (Phi) is 6.86. The normalized spacial score (nSPS) is 11.3. The molecule has 2 rings (SSSR count). The predicted molar refractivity (Wildman–Crippen MR) is 101 cm³/mol. The highest BCUT2D eigenvalue weighted by atomic mass is 16.1. The summed E-state index contributed by atoms with van der Waals surface area (Å²) in [6, 6.07) is 9.51. The summed E-state index contributed by atoms with van der Waals surface area (Å²) in [5.74, 6) is 0. The van der Waals surface area contributed by atoms with Gasteiger partial charge < -0.3 is 4.57 Å². The number of rotatable bonds is 9. The second-order valence-corrected chi connectivity index (χ2v) is 5.96. The molecule has 0 aliphatic heterocycles. The molecule has 0 radical (unpaired) electrons. The third kappa shape index (κ3) is 4.69. The van der Waals surface area contributed by atoms with Crippen molar-refractivity contribution >= 4 is 17.0 Å². The molecule has 0 N–H and O–H groups in total. The van der Waals surface area contributed by atoms with Crippen LogP contribution >= 0.6 is 0 Å². The first-order valence-electron chi connectivity index (χ1n) is 8.68. The van der Waals surface area contributed by atoms with Crippen molar-refractivity contribution in [2.75, 3.05) is 0 Å². The largest absolute Gasteiger partial charge is 0.337 e. The van der Waals surface area contributed by atoms with Crippen LogP contribution in [0.4, 0.5) is 0 Å². The van der Waals surface area contributed by atoms with Gasteiger partial charge in [0.25, 0.3) is 0 Å². The van der Waals surface area contributed by atoms with E-state index in [0.29, 0.717) is 6.54 Å². The molecule has 23 heavy (non-hydrogen) atoms. The van der Waals surface area contributed by atoms with Crippen LogP contribution in [0, 0.1) is 0 Å². The van der Waals surface area contributed by atoms with Crippen LogP contribution in [0.15, 0.2) is 53.9 Å². The van der Waals surface area contributed by atoms with Crippen molar-refractivity contribution in [3.05, 3.63) is 65.0 Å². The molecule has 2 heteroatoms. The van der Waals surface area contributed by atoms with Crippen LogP contribution < -0.4 is 5.43 Å². The summed E-state index contributed by atoms with van der Waals surface area (Å²) in [6.45, 7) is 6.78. The molecule has 2 aromatic rings. The second-order valence-electron chi connectivity index (χ2n) is 5.96. The quantitative estimate of drug-likeness (QED) is 0.439. The standard InChI is InChI=1S/C21H27NO/c1-3-5-6-7-8-9-10-13-18-17-21(23)19-14-11-12-15-20(19)22(18)16-4-2/h4,10-15,17H,2-3,5-9,16H2,1H3/b13-10+. The minimum absolute atomic E-state index is 0.0866. The number of nitrogens with zero attached hydrogens (tertiary/aromatic N) is 1. The van der Waals surface area contributed by atoms with E-state index in [-0.39, 0.29) is 5.43 Å². The molecule has 1 aromatic heterocycles. The molecule has 1 heterocycles. The van der Waals surface area contributed by atoms with Crippen molar-refractivity contribution in [1.82, 2.24) is 4.57 Å². The summed E-state index contributed by atoms with van der Waals surface area (Å²) in [4.78, 5) is 12.3. The Hall–Kier alpha value is -2.09. The van der Waals surface area contributed by atoms with Gasteiger partial charge in [0.1, 0.15) is 0 Å². The van der Waals surface area contributed by atoms with Gasteiger partial charge in [0.2, 0.25) is 0 Å². The van der Waals surface area contributed by atoms with E-state index in [1.54, 1.807) is 6.07 Å². The van der Waals surface area contributed by atoms with E-state index >= 15 is 0 Å². The van der Waals surface area contributed by atoms with Gasteiger partial charge >= 0.3 is 0 Å². The second kappa shape index (κ2) is 9.14. The van der Waals surface area contributed by atoms with Crippen LogP contribution in [0.1, 0.15) is 51.1 Å². The van der Waals surface area contributed by atoms with E-state index < -0.39 is 0 Å². The fourth-order valence-electron chi connectivity index (χ4n) is 2.89. The third-order valence-corrected chi connectivity index (χ3v) is 4.13. The first kappa shape index (κ1) is 17.3. The van der Waals surface area contributed by atoms with Crippen LogP contribution in [-0.4, -0.2) is 4.57 Å². The fraction of sp³-hybridized carbons (Fsp3) is 0.381. The van der Waals surface area contributed by atoms with E-state index in [1.807, 2.05) is 30.3 Å². The maximum absolute atomic E-state index is 12.3. The number of aromatic nitrogens is 1. The summed E-state index contributed by atoms with van der Waals surface area (Å²) in [6.07, 6.45) is 13.6. The van der Waals surface area contributed by atoms with Crippen molar-refractivity contribution in [2.24, 2.45) is 0 Å². The zero-order chi connectivity index (χ0) is 16.5. The van der Waals surface area contributed by atoms with Gasteiger partial charge in [-0.1, -0.05) is 56.9 Å². The first-order valence-corrected chi connectivity index (χ1v) is 8.68. The summed E-state index contributed by atoms with van der Waals surface area (Å²) < 4.78 is 2.15. The molecule has 0 saturated carbocycles. The highest BCUT2D eigenvalue weighted by Gasteiger charge is 2.05. The van der Waals surface area contributed by atoms with Gasteiger partial charge in [0.05, 0.1) is 5.52 Å². The van der Waals surface area contributed by atoms with E-state index in [0.717, 1.165) is 23.0 Å². The van der Waals surface area contributed by atoms with Gasteiger partial charge in [-0.25, -0.2) is 0 Å². The highest BCUT2D eigenvalue weighted by molar-refractivity contribution is 5.80. The minimum Gasteiger partial charge on any atom is -0.337 e. The average Bonchev–Trinajstić information content (AvgIpc) is 2.57. The Bertz CT molecular complexity index is 724. The van der Waals surface area contributed by atoms with Crippen LogP contribution in [-0.2, 0) is 6.54 Å². The average molecular weight is 309 g/mol. The predicted octanol–water partition coefficient (Wildman–Crippen LogP) is 5.56. The molecular weight excluding hydrogens is 282 g/mol. The SMILES string of the molecule is C=CCn1c(/C=C/CCCCCCC)cc(=O)c2ccccc21. The topological polar surface area (TPSA) is 22.0 Å². The molecule has 0 fully saturated rings. The van der Waals surface area contributed by atoms with Crippen LogP contribution in [0.2, 0.25) is 0 Å². The number of unbranched alkanes of at least 4 members (excludes halogenated alkanes) is 5. The minimum atomic E-state index is 0.0866. The molecule has 122 valence electrons. The molecule has 0 aliphatic rings. The fourth-order valence-corrected chi connectivity index (χ4v) is 2.89. The molecule has 1 aromatic carbocycles. The van der Waals surface area contributed by atoms with Crippen molar-refractivity contribution in [3.63, 3.8) is 0 Å². The molecule has 0 spiro atoms. The lowest BCUT2D eigenvalue weighted by molar-refractivity contribution is 0.638. The van der Waals surface area contributed by atoms with Gasteiger partial charge in [-0.3, -0.25) is 4.79 Å². The highest BCUT2D eigenvalue weighted by Crippen LogP contribution is 2.15. The number of allylic oxidation sites excluding steroid dienone is 2. The lowest BCUT2D eigenvalue weighted by Gasteiger charge is -2.12. The van der Waals surface area contributed by atoms with E-state index in [4.69, 9.17) is 0 Å². The molecule has 2 nitrogen and oxygen atoms in total. The van der Waals surface area contributed by atoms with Gasteiger partial charge in [-0.05, 0) is 31.1 Å². The number of hydrogen-bond acceptors (Lipinski definition) is 1. The number of benzene rings is 1. The summed E-state index contributed by atoms with van der Waals surface area (Å²) >= 11 is 0. The van der Waals surface area contributed by atoms with Gasteiger partial charge in [-0.2, -0.15) is 0 Å². The Balaban J connectivity index is 2.17. The van der Waals surface area contributed by atoms with Crippen LogP contribution in [0.3, 0.4) is 0 Å². The van der Waals surface area contributed by atoms with E-state index in [9.17, 15) is 4.79 Å². The molecule has 0 atom stereocenters. The maximum atomic E-state index is 12.3. The lowest BCUT2D eigenvalue weighted by Crippen LogP contribution is -2.11. The maximum Gasteiger partial charge on any atom is 0.190 e. The van der Waals surface area contributed by atoms with Gasteiger partial charge in [0, 0.05) is 23.7 Å². The number of pyridine rings is 1. The molecule has 0 aliphatic carbocycles. The molecule has 0 bridgehead atoms. The number of fused-ring (bicyclic) bond motifs is 1. The van der Waals surface area contributed by atoms with Crippen molar-refractivity contribution < 1.29 is 0 Å². The van der Waals surface area contributed by atoms with Gasteiger partial charge in [0.15, 0.2) is 5.43 Å². The smallest absolute Gasteiger partial charge is 0.190 e. The van der Waals surface area contributed by atoms with E-state index in [1.165, 1.54) is 32.1 Å². The third-order valence-electron chi connectivity index (χ3n) is 4.13. The summed E-state index contributed by atoms with van der Waals surface area (Å²) in [7, 11) is 0. The van der Waals surface area contributed by atoms with E-state index in [2.05, 4.69) is 30.2 Å². The Labute approximate surface area is 139 Å². The number of hydrogen-bond donors (Lipinski definition) is 0. The van der Waals surface area contributed by atoms with Crippen LogP contribution in [0.25, 0.3) is 17.0 Å². The molecule has 0 unspecified atom stereocenters. The van der Waals surface area contributed by atoms with Crippen LogP contribution in [0.5, 0.6) is 0 Å². The molecule has 0 amide bonds. The zero-order valence-electron chi connectivity index (χ0n) is 14.1. The summed E-state index contributed by atoms with van der Waals surface area (Å²) in [5.41, 5.74) is 2.02. The Morgan fingerprint density at radius 2 is 1.91 bits per heavy atom. The zero-order valence-corrected chi connectivity index (χ0v) is 14.1.